The first-order chi connectivity index (χ1) is 12.8. The highest BCUT2D eigenvalue weighted by atomic mass is 19.4. The molecule has 1 N–H and O–H groups in total. The number of aryl methyl sites for hydroxylation is 2. The van der Waals surface area contributed by atoms with Crippen molar-refractivity contribution in [2.75, 3.05) is 11.9 Å². The molecule has 0 aromatic carbocycles. The van der Waals surface area contributed by atoms with Crippen molar-refractivity contribution in [3.05, 3.63) is 53.7 Å². The molecule has 142 valence electrons. The van der Waals surface area contributed by atoms with Gasteiger partial charge in [0.2, 0.25) is 5.88 Å². The minimum Gasteiger partial charge on any atom is -0.468 e. The lowest BCUT2D eigenvalue weighted by Gasteiger charge is -2.13. The smallest absolute Gasteiger partial charge is 0.422 e. The highest BCUT2D eigenvalue weighted by Gasteiger charge is 2.29. The molecule has 3 rings (SSSR count). The monoisotopic (exact) mass is 378 g/mol. The van der Waals surface area contributed by atoms with Crippen LogP contribution in [-0.2, 0) is 6.54 Å². The fourth-order valence-corrected chi connectivity index (χ4v) is 2.43. The van der Waals surface area contributed by atoms with Gasteiger partial charge >= 0.3 is 6.18 Å². The molecule has 0 bridgehead atoms. The van der Waals surface area contributed by atoms with Crippen molar-refractivity contribution < 1.29 is 17.9 Å². The Kier molecular flexibility index (Phi) is 5.24. The van der Waals surface area contributed by atoms with Gasteiger partial charge in [0.05, 0.1) is 18.1 Å². The molecular formula is C17H17F3N6O. The third-order valence-electron chi connectivity index (χ3n) is 3.53. The highest BCUT2D eigenvalue weighted by molar-refractivity contribution is 5.39. The summed E-state index contributed by atoms with van der Waals surface area (Å²) in [7, 11) is 0. The molecule has 3 aromatic heterocycles. The van der Waals surface area contributed by atoms with Gasteiger partial charge in [-0.15, -0.1) is 0 Å². The molecule has 27 heavy (non-hydrogen) atoms. The molecule has 0 radical (unpaired) electrons. The molecule has 0 saturated carbocycles. The number of pyridine rings is 1. The number of hydrogen-bond acceptors (Lipinski definition) is 6. The average molecular weight is 378 g/mol. The van der Waals surface area contributed by atoms with Crippen molar-refractivity contribution in [1.82, 2.24) is 24.7 Å². The van der Waals surface area contributed by atoms with Gasteiger partial charge in [-0.1, -0.05) is 6.07 Å². The van der Waals surface area contributed by atoms with Crippen LogP contribution in [0.4, 0.5) is 19.0 Å². The maximum absolute atomic E-state index is 12.4. The summed E-state index contributed by atoms with van der Waals surface area (Å²) >= 11 is 0. The first-order valence-corrected chi connectivity index (χ1v) is 8.05. The van der Waals surface area contributed by atoms with Crippen LogP contribution in [0, 0.1) is 13.8 Å². The van der Waals surface area contributed by atoms with E-state index in [9.17, 15) is 13.2 Å². The fraction of sp³-hybridized carbons (Fsp3) is 0.294. The number of nitrogens with zero attached hydrogens (tertiary/aromatic N) is 5. The molecule has 0 aliphatic rings. The summed E-state index contributed by atoms with van der Waals surface area (Å²) in [6.45, 7) is 2.56. The lowest BCUT2D eigenvalue weighted by atomic mass is 10.2. The number of nitrogens with one attached hydrogen (secondary N) is 1. The Hall–Kier alpha value is -3.17. The molecule has 0 saturated heterocycles. The quantitative estimate of drug-likeness (QED) is 0.710. The van der Waals surface area contributed by atoms with E-state index >= 15 is 0 Å². The predicted octanol–water partition coefficient (Wildman–Crippen LogP) is 3.23. The summed E-state index contributed by atoms with van der Waals surface area (Å²) in [5.74, 6) is 0.904. The molecule has 0 fully saturated rings. The second-order valence-electron chi connectivity index (χ2n) is 5.83. The van der Waals surface area contributed by atoms with Crippen LogP contribution in [0.2, 0.25) is 0 Å². The molecule has 0 amide bonds. The number of alkyl halides is 3. The number of rotatable bonds is 6. The molecule has 0 aliphatic carbocycles. The van der Waals surface area contributed by atoms with Gasteiger partial charge in [0.15, 0.2) is 12.4 Å². The number of aromatic nitrogens is 5. The molecule has 10 heteroatoms. The second kappa shape index (κ2) is 7.60. The largest absolute Gasteiger partial charge is 0.468 e. The topological polar surface area (TPSA) is 77.8 Å². The number of anilines is 1. The Balaban J connectivity index is 1.72. The zero-order valence-electron chi connectivity index (χ0n) is 14.7. The maximum Gasteiger partial charge on any atom is 0.422 e. The number of ether oxygens (including phenoxy) is 1. The van der Waals surface area contributed by atoms with Crippen molar-refractivity contribution in [2.24, 2.45) is 0 Å². The van der Waals surface area contributed by atoms with E-state index < -0.39 is 12.8 Å². The van der Waals surface area contributed by atoms with E-state index in [-0.39, 0.29) is 12.4 Å². The highest BCUT2D eigenvalue weighted by Crippen LogP contribution is 2.21. The van der Waals surface area contributed by atoms with E-state index in [1.807, 2.05) is 19.9 Å². The minimum atomic E-state index is -4.43. The maximum atomic E-state index is 12.4. The summed E-state index contributed by atoms with van der Waals surface area (Å²) in [6.07, 6.45) is 0.0363. The van der Waals surface area contributed by atoms with Gasteiger partial charge in [0.1, 0.15) is 5.82 Å². The lowest BCUT2D eigenvalue weighted by molar-refractivity contribution is -0.154. The Morgan fingerprint density at radius 2 is 2.04 bits per heavy atom. The Bertz CT molecular complexity index is 925. The van der Waals surface area contributed by atoms with Crippen molar-refractivity contribution in [2.45, 2.75) is 26.6 Å². The van der Waals surface area contributed by atoms with Crippen LogP contribution in [-0.4, -0.2) is 37.5 Å². The van der Waals surface area contributed by atoms with Gasteiger partial charge in [-0.2, -0.15) is 18.3 Å². The van der Waals surface area contributed by atoms with E-state index in [1.54, 1.807) is 23.0 Å². The van der Waals surface area contributed by atoms with Crippen LogP contribution in [0.3, 0.4) is 0 Å². The van der Waals surface area contributed by atoms with Gasteiger partial charge in [0, 0.05) is 24.0 Å². The molecular weight excluding hydrogens is 361 g/mol. The van der Waals surface area contributed by atoms with Crippen LogP contribution in [0.1, 0.15) is 17.0 Å². The summed E-state index contributed by atoms with van der Waals surface area (Å²) in [5, 5.41) is 7.37. The fourth-order valence-electron chi connectivity index (χ4n) is 2.43. The van der Waals surface area contributed by atoms with Crippen LogP contribution < -0.4 is 10.1 Å². The van der Waals surface area contributed by atoms with Gasteiger partial charge in [0.25, 0.3) is 0 Å². The molecule has 0 spiro atoms. The summed E-state index contributed by atoms with van der Waals surface area (Å²) in [6, 6.07) is 5.17. The molecule has 0 atom stereocenters. The molecule has 0 unspecified atom stereocenters. The molecule has 7 nitrogen and oxygen atoms in total. The van der Waals surface area contributed by atoms with Crippen LogP contribution in [0.15, 0.2) is 36.8 Å². The van der Waals surface area contributed by atoms with Crippen LogP contribution >= 0.6 is 0 Å². The van der Waals surface area contributed by atoms with Crippen LogP contribution in [0.5, 0.6) is 5.88 Å². The Morgan fingerprint density at radius 3 is 2.74 bits per heavy atom. The van der Waals surface area contributed by atoms with Crippen molar-refractivity contribution in [1.29, 1.82) is 0 Å². The van der Waals surface area contributed by atoms with Crippen molar-refractivity contribution >= 4 is 5.82 Å². The summed E-state index contributed by atoms with van der Waals surface area (Å²) in [5.41, 5.74) is 2.24. The first kappa shape index (κ1) is 18.6. The third-order valence-corrected chi connectivity index (χ3v) is 3.53. The first-order valence-electron chi connectivity index (χ1n) is 8.05. The van der Waals surface area contributed by atoms with E-state index in [1.165, 1.54) is 12.4 Å². The zero-order chi connectivity index (χ0) is 19.4. The van der Waals surface area contributed by atoms with Crippen molar-refractivity contribution in [3.63, 3.8) is 0 Å². The summed E-state index contributed by atoms with van der Waals surface area (Å²) in [4.78, 5) is 12.4. The predicted molar refractivity (Wildman–Crippen MR) is 91.7 cm³/mol. The van der Waals surface area contributed by atoms with Gasteiger partial charge in [-0.3, -0.25) is 4.98 Å². The number of hydrogen-bond donors (Lipinski definition) is 1. The lowest BCUT2D eigenvalue weighted by Crippen LogP contribution is -2.20. The molecule has 3 aromatic rings. The van der Waals surface area contributed by atoms with Gasteiger partial charge in [-0.25, -0.2) is 14.6 Å². The van der Waals surface area contributed by atoms with Crippen LogP contribution in [0.25, 0.3) is 5.82 Å². The average Bonchev–Trinajstić information content (AvgIpc) is 2.97. The van der Waals surface area contributed by atoms with E-state index in [0.29, 0.717) is 17.2 Å². The summed E-state index contributed by atoms with van der Waals surface area (Å²) < 4.78 is 43.5. The minimum absolute atomic E-state index is 0.0787. The number of halogens is 3. The van der Waals surface area contributed by atoms with Crippen molar-refractivity contribution in [3.8, 4) is 11.7 Å². The second-order valence-corrected chi connectivity index (χ2v) is 5.83. The van der Waals surface area contributed by atoms with E-state index in [4.69, 9.17) is 4.74 Å². The zero-order valence-corrected chi connectivity index (χ0v) is 14.7. The standard InChI is InChI=1S/C17H17F3N6O/c1-11-6-12(2)26(25-11)15-9-21-8-14(24-15)23-7-13-4-3-5-22-16(13)27-10-17(18,19)20/h3-6,8-9H,7,10H2,1-2H3,(H,23,24). The van der Waals surface area contributed by atoms with Gasteiger partial charge in [-0.05, 0) is 26.0 Å². The molecule has 0 aliphatic heterocycles. The Labute approximate surface area is 153 Å². The molecule has 3 heterocycles. The third kappa shape index (κ3) is 4.93. The SMILES string of the molecule is Cc1cc(C)n(-c2cncc(NCc3cccnc3OCC(F)(F)F)n2)n1. The van der Waals surface area contributed by atoms with E-state index in [0.717, 1.165) is 11.4 Å². The normalized spacial score (nSPS) is 11.4. The van der Waals surface area contributed by atoms with Gasteiger partial charge < -0.3 is 10.1 Å². The van der Waals surface area contributed by atoms with E-state index in [2.05, 4.69) is 25.4 Å². The Morgan fingerprint density at radius 1 is 1.22 bits per heavy atom.